The van der Waals surface area contributed by atoms with Gasteiger partial charge in [0.05, 0.1) is 6.42 Å². The van der Waals surface area contributed by atoms with Crippen molar-refractivity contribution in [3.05, 3.63) is 34.9 Å². The quantitative estimate of drug-likeness (QED) is 0.765. The van der Waals surface area contributed by atoms with Gasteiger partial charge in [-0.3, -0.25) is 4.79 Å². The van der Waals surface area contributed by atoms with Gasteiger partial charge in [0.15, 0.2) is 0 Å². The van der Waals surface area contributed by atoms with Gasteiger partial charge in [-0.2, -0.15) is 0 Å². The minimum Gasteiger partial charge on any atom is -0.481 e. The van der Waals surface area contributed by atoms with Crippen LogP contribution in [-0.2, 0) is 11.2 Å². The van der Waals surface area contributed by atoms with Gasteiger partial charge in [-0.1, -0.05) is 0 Å². The van der Waals surface area contributed by atoms with Gasteiger partial charge in [0, 0.05) is 5.56 Å². The van der Waals surface area contributed by atoms with Crippen molar-refractivity contribution < 1.29 is 18.7 Å². The highest BCUT2D eigenvalue weighted by Crippen LogP contribution is 2.16. The van der Waals surface area contributed by atoms with Crippen molar-refractivity contribution in [2.75, 3.05) is 0 Å². The van der Waals surface area contributed by atoms with Gasteiger partial charge in [-0.25, -0.2) is 8.78 Å². The number of aliphatic carboxylic acids is 1. The minimum absolute atomic E-state index is 0.0578. The zero-order chi connectivity index (χ0) is 10.0. The first-order valence-corrected chi connectivity index (χ1v) is 3.67. The number of benzene rings is 1. The van der Waals surface area contributed by atoms with E-state index in [0.29, 0.717) is 0 Å². The van der Waals surface area contributed by atoms with Gasteiger partial charge in [-0.05, 0) is 24.6 Å². The molecular weight excluding hydrogens is 178 g/mol. The van der Waals surface area contributed by atoms with E-state index < -0.39 is 24.0 Å². The van der Waals surface area contributed by atoms with Crippen molar-refractivity contribution in [1.82, 2.24) is 0 Å². The highest BCUT2D eigenvalue weighted by atomic mass is 19.1. The fourth-order valence-electron chi connectivity index (χ4n) is 1.06. The molecule has 13 heavy (non-hydrogen) atoms. The molecular formula is C9H8F2O2. The number of hydrogen-bond acceptors (Lipinski definition) is 1. The number of rotatable bonds is 2. The van der Waals surface area contributed by atoms with Gasteiger partial charge in [-0.15, -0.1) is 0 Å². The Labute approximate surface area is 73.8 Å². The fraction of sp³-hybridized carbons (Fsp3) is 0.222. The minimum atomic E-state index is -1.17. The predicted molar refractivity (Wildman–Crippen MR) is 42.4 cm³/mol. The molecule has 0 unspecified atom stereocenters. The van der Waals surface area contributed by atoms with E-state index in [4.69, 9.17) is 5.11 Å². The van der Waals surface area contributed by atoms with Gasteiger partial charge >= 0.3 is 5.97 Å². The van der Waals surface area contributed by atoms with Crippen LogP contribution in [-0.4, -0.2) is 11.1 Å². The third kappa shape index (κ3) is 2.02. The summed E-state index contributed by atoms with van der Waals surface area (Å²) < 4.78 is 25.8. The van der Waals surface area contributed by atoms with Crippen molar-refractivity contribution in [2.24, 2.45) is 0 Å². The van der Waals surface area contributed by atoms with Gasteiger partial charge in [0.1, 0.15) is 11.6 Å². The molecule has 0 bridgehead atoms. The molecule has 1 rings (SSSR count). The van der Waals surface area contributed by atoms with E-state index in [-0.39, 0.29) is 11.1 Å². The Morgan fingerprint density at radius 2 is 1.92 bits per heavy atom. The normalized spacial score (nSPS) is 10.1. The van der Waals surface area contributed by atoms with Crippen LogP contribution in [0.1, 0.15) is 11.1 Å². The van der Waals surface area contributed by atoms with Crippen molar-refractivity contribution in [1.29, 1.82) is 0 Å². The molecule has 0 amide bonds. The Balaban J connectivity index is 3.17. The van der Waals surface area contributed by atoms with E-state index in [1.165, 1.54) is 6.92 Å². The molecule has 4 heteroatoms. The second-order valence-electron chi connectivity index (χ2n) is 2.70. The molecule has 0 fully saturated rings. The predicted octanol–water partition coefficient (Wildman–Crippen LogP) is 1.90. The lowest BCUT2D eigenvalue weighted by molar-refractivity contribution is -0.136. The zero-order valence-electron chi connectivity index (χ0n) is 6.97. The largest absolute Gasteiger partial charge is 0.481 e. The first-order valence-electron chi connectivity index (χ1n) is 3.67. The van der Waals surface area contributed by atoms with Crippen molar-refractivity contribution in [3.63, 3.8) is 0 Å². The monoisotopic (exact) mass is 186 g/mol. The smallest absolute Gasteiger partial charge is 0.307 e. The van der Waals surface area contributed by atoms with E-state index in [2.05, 4.69) is 0 Å². The summed E-state index contributed by atoms with van der Waals surface area (Å²) in [5.41, 5.74) is -0.0325. The van der Waals surface area contributed by atoms with Crippen LogP contribution in [0.4, 0.5) is 8.78 Å². The average molecular weight is 186 g/mol. The summed E-state index contributed by atoms with van der Waals surface area (Å²) in [7, 11) is 0. The lowest BCUT2D eigenvalue weighted by atomic mass is 10.0. The molecule has 2 nitrogen and oxygen atoms in total. The topological polar surface area (TPSA) is 37.3 Å². The van der Waals surface area contributed by atoms with Crippen LogP contribution >= 0.6 is 0 Å². The maximum absolute atomic E-state index is 13.0. The van der Waals surface area contributed by atoms with Crippen molar-refractivity contribution in [3.8, 4) is 0 Å². The second kappa shape index (κ2) is 3.51. The number of carboxylic acids is 1. The molecule has 0 aromatic heterocycles. The average Bonchev–Trinajstić information content (AvgIpc) is 2.05. The maximum atomic E-state index is 13.0. The van der Waals surface area contributed by atoms with Crippen LogP contribution < -0.4 is 0 Å². The van der Waals surface area contributed by atoms with Crippen LogP contribution in [0.15, 0.2) is 12.1 Å². The second-order valence-corrected chi connectivity index (χ2v) is 2.70. The standard InChI is InChI=1S/C9H8F2O2/c1-5-6(4-9(12)13)8(11)3-2-7(5)10/h2-3H,4H2,1H3,(H,12,13). The molecule has 0 saturated carbocycles. The van der Waals surface area contributed by atoms with Gasteiger partial charge in [0.2, 0.25) is 0 Å². The van der Waals surface area contributed by atoms with Gasteiger partial charge in [0.25, 0.3) is 0 Å². The molecule has 0 spiro atoms. The summed E-state index contributed by atoms with van der Waals surface area (Å²) in [4.78, 5) is 10.3. The number of halogens is 2. The molecule has 0 atom stereocenters. The molecule has 1 aromatic carbocycles. The summed E-state index contributed by atoms with van der Waals surface area (Å²) in [6.07, 6.45) is -0.491. The van der Waals surface area contributed by atoms with Crippen LogP contribution in [0.3, 0.4) is 0 Å². The SMILES string of the molecule is Cc1c(F)ccc(F)c1CC(=O)O. The van der Waals surface area contributed by atoms with Crippen molar-refractivity contribution in [2.45, 2.75) is 13.3 Å². The molecule has 1 aromatic rings. The Bertz CT molecular complexity index is 348. The molecule has 1 N–H and O–H groups in total. The summed E-state index contributed by atoms with van der Waals surface area (Å²) in [5.74, 6) is -2.44. The molecule has 70 valence electrons. The zero-order valence-corrected chi connectivity index (χ0v) is 6.97. The van der Waals surface area contributed by atoms with Crippen LogP contribution in [0.2, 0.25) is 0 Å². The van der Waals surface area contributed by atoms with Gasteiger partial charge < -0.3 is 5.11 Å². The van der Waals surface area contributed by atoms with E-state index in [1.807, 2.05) is 0 Å². The van der Waals surface area contributed by atoms with E-state index in [0.717, 1.165) is 12.1 Å². The Kier molecular flexibility index (Phi) is 2.60. The van der Waals surface area contributed by atoms with Crippen LogP contribution in [0.5, 0.6) is 0 Å². The Morgan fingerprint density at radius 1 is 1.38 bits per heavy atom. The lowest BCUT2D eigenvalue weighted by Crippen LogP contribution is -2.05. The Morgan fingerprint density at radius 3 is 2.46 bits per heavy atom. The molecule has 0 heterocycles. The van der Waals surface area contributed by atoms with E-state index in [9.17, 15) is 13.6 Å². The Hall–Kier alpha value is -1.45. The highest BCUT2D eigenvalue weighted by molar-refractivity contribution is 5.70. The molecule has 0 aliphatic carbocycles. The third-order valence-corrected chi connectivity index (χ3v) is 1.80. The van der Waals surface area contributed by atoms with Crippen LogP contribution in [0.25, 0.3) is 0 Å². The first-order chi connectivity index (χ1) is 6.02. The van der Waals surface area contributed by atoms with E-state index >= 15 is 0 Å². The summed E-state index contributed by atoms with van der Waals surface area (Å²) in [6.45, 7) is 1.36. The molecule has 0 radical (unpaired) electrons. The fourth-order valence-corrected chi connectivity index (χ4v) is 1.06. The first kappa shape index (κ1) is 9.64. The molecule has 0 aliphatic heterocycles. The number of hydrogen-bond donors (Lipinski definition) is 1. The maximum Gasteiger partial charge on any atom is 0.307 e. The molecule has 0 saturated heterocycles. The summed E-state index contributed by atoms with van der Waals surface area (Å²) in [5, 5.41) is 8.42. The molecule has 0 aliphatic rings. The van der Waals surface area contributed by atoms with Crippen molar-refractivity contribution >= 4 is 5.97 Å². The third-order valence-electron chi connectivity index (χ3n) is 1.80. The summed E-state index contributed by atoms with van der Waals surface area (Å²) >= 11 is 0. The highest BCUT2D eigenvalue weighted by Gasteiger charge is 2.12. The number of carbonyl (C=O) groups is 1. The number of carboxylic acid groups (broad SMARTS) is 1. The van der Waals surface area contributed by atoms with E-state index in [1.54, 1.807) is 0 Å². The lowest BCUT2D eigenvalue weighted by Gasteiger charge is -2.04. The van der Waals surface area contributed by atoms with Crippen LogP contribution in [0, 0.1) is 18.6 Å². The summed E-state index contributed by atoms with van der Waals surface area (Å²) in [6, 6.07) is 1.91.